The number of amidine groups is 1. The molecule has 0 aliphatic carbocycles. The SMILES string of the molecule is CC(OC(=O)c1cc2c(cc1Cl)N1CCCCCC1=NS2(=O)=O)C(N)=O. The second kappa shape index (κ2) is 6.88. The highest BCUT2D eigenvalue weighted by Gasteiger charge is 2.33. The molecule has 8 nitrogen and oxygen atoms in total. The van der Waals surface area contributed by atoms with Gasteiger partial charge in [0.15, 0.2) is 6.10 Å². The fourth-order valence-electron chi connectivity index (χ4n) is 2.94. The van der Waals surface area contributed by atoms with Gasteiger partial charge in [-0.05, 0) is 31.9 Å². The lowest BCUT2D eigenvalue weighted by Gasteiger charge is -2.30. The first kappa shape index (κ1) is 18.7. The van der Waals surface area contributed by atoms with E-state index >= 15 is 0 Å². The summed E-state index contributed by atoms with van der Waals surface area (Å²) in [6.45, 7) is 1.94. The maximum Gasteiger partial charge on any atom is 0.340 e. The third-order valence-electron chi connectivity index (χ3n) is 4.34. The summed E-state index contributed by atoms with van der Waals surface area (Å²) in [7, 11) is -3.96. The molecule has 2 aliphatic heterocycles. The van der Waals surface area contributed by atoms with E-state index in [0.29, 0.717) is 24.5 Å². The molecule has 1 saturated heterocycles. The van der Waals surface area contributed by atoms with Crippen LogP contribution in [-0.4, -0.2) is 38.8 Å². The zero-order valence-electron chi connectivity index (χ0n) is 14.1. The Morgan fingerprint density at radius 3 is 2.73 bits per heavy atom. The van der Waals surface area contributed by atoms with Crippen LogP contribution in [-0.2, 0) is 19.6 Å². The highest BCUT2D eigenvalue weighted by atomic mass is 35.5. The average Bonchev–Trinajstić information content (AvgIpc) is 2.78. The van der Waals surface area contributed by atoms with Gasteiger partial charge in [0, 0.05) is 13.0 Å². The number of nitrogens with zero attached hydrogens (tertiary/aromatic N) is 2. The first-order chi connectivity index (χ1) is 12.2. The number of carbonyl (C=O) groups is 2. The second-order valence-corrected chi connectivity index (χ2v) is 8.17. The lowest BCUT2D eigenvalue weighted by Crippen LogP contribution is -2.35. The Labute approximate surface area is 156 Å². The highest BCUT2D eigenvalue weighted by Crippen LogP contribution is 2.38. The zero-order chi connectivity index (χ0) is 19.1. The Balaban J connectivity index is 2.06. The number of hydrogen-bond acceptors (Lipinski definition) is 6. The van der Waals surface area contributed by atoms with Gasteiger partial charge in [0.1, 0.15) is 10.7 Å². The Morgan fingerprint density at radius 1 is 1.31 bits per heavy atom. The third kappa shape index (κ3) is 3.41. The number of sulfonamides is 1. The smallest absolute Gasteiger partial charge is 0.340 e. The van der Waals surface area contributed by atoms with Crippen LogP contribution >= 0.6 is 11.6 Å². The van der Waals surface area contributed by atoms with Crippen molar-refractivity contribution >= 4 is 45.0 Å². The Bertz CT molecular complexity index is 913. The number of primary amides is 1. The van der Waals surface area contributed by atoms with Crippen molar-refractivity contribution in [2.45, 2.75) is 43.6 Å². The zero-order valence-corrected chi connectivity index (χ0v) is 15.6. The van der Waals surface area contributed by atoms with E-state index in [2.05, 4.69) is 4.40 Å². The fourth-order valence-corrected chi connectivity index (χ4v) is 4.44. The van der Waals surface area contributed by atoms with Gasteiger partial charge in [-0.2, -0.15) is 8.42 Å². The number of amides is 1. The Hall–Kier alpha value is -2.13. The standard InChI is InChI=1S/C16H18ClN3O5S/c1-9(15(18)21)25-16(22)10-7-13-12(8-11(10)17)20-6-4-2-3-5-14(20)19-26(13,23)24/h7-9H,2-6H2,1H3,(H2,18,21). The number of esters is 1. The van der Waals surface area contributed by atoms with E-state index in [4.69, 9.17) is 22.1 Å². The molecule has 0 radical (unpaired) electrons. The van der Waals surface area contributed by atoms with E-state index < -0.39 is 28.0 Å². The molecule has 2 heterocycles. The molecule has 0 saturated carbocycles. The number of carbonyl (C=O) groups excluding carboxylic acids is 2. The van der Waals surface area contributed by atoms with Gasteiger partial charge < -0.3 is 15.4 Å². The maximum absolute atomic E-state index is 12.6. The van der Waals surface area contributed by atoms with E-state index in [1.807, 2.05) is 4.90 Å². The molecule has 1 aromatic carbocycles. The van der Waals surface area contributed by atoms with Crippen molar-refractivity contribution < 1.29 is 22.7 Å². The van der Waals surface area contributed by atoms with Gasteiger partial charge in [-0.25, -0.2) is 4.79 Å². The third-order valence-corrected chi connectivity index (χ3v) is 5.99. The number of nitrogens with two attached hydrogens (primary N) is 1. The summed E-state index contributed by atoms with van der Waals surface area (Å²) in [5.74, 6) is -1.26. The molecule has 140 valence electrons. The summed E-state index contributed by atoms with van der Waals surface area (Å²) in [4.78, 5) is 25.0. The molecule has 10 heteroatoms. The largest absolute Gasteiger partial charge is 0.449 e. The number of halogens is 1. The number of fused-ring (bicyclic) bond motifs is 3. The Kier molecular flexibility index (Phi) is 4.94. The monoisotopic (exact) mass is 399 g/mol. The summed E-state index contributed by atoms with van der Waals surface area (Å²) in [6.07, 6.45) is 2.14. The normalized spacial score (nSPS) is 19.5. The molecular formula is C16H18ClN3O5S. The molecular weight excluding hydrogens is 382 g/mol. The number of benzene rings is 1. The number of hydrogen-bond donors (Lipinski definition) is 1. The first-order valence-corrected chi connectivity index (χ1v) is 9.98. The molecule has 1 fully saturated rings. The molecule has 0 bridgehead atoms. The predicted molar refractivity (Wildman–Crippen MR) is 96.0 cm³/mol. The van der Waals surface area contributed by atoms with Crippen LogP contribution in [0.5, 0.6) is 0 Å². The van der Waals surface area contributed by atoms with Crippen LogP contribution in [0.3, 0.4) is 0 Å². The quantitative estimate of drug-likeness (QED) is 0.774. The van der Waals surface area contributed by atoms with Gasteiger partial charge in [0.2, 0.25) is 0 Å². The molecule has 1 atom stereocenters. The number of ether oxygens (including phenoxy) is 1. The van der Waals surface area contributed by atoms with Gasteiger partial charge in [-0.1, -0.05) is 18.0 Å². The topological polar surface area (TPSA) is 119 Å². The molecule has 3 rings (SSSR count). The minimum atomic E-state index is -3.96. The van der Waals surface area contributed by atoms with Crippen molar-refractivity contribution in [3.63, 3.8) is 0 Å². The van der Waals surface area contributed by atoms with Gasteiger partial charge >= 0.3 is 5.97 Å². The van der Waals surface area contributed by atoms with E-state index in [1.54, 1.807) is 0 Å². The van der Waals surface area contributed by atoms with Crippen LogP contribution in [0.25, 0.3) is 0 Å². The van der Waals surface area contributed by atoms with E-state index in [-0.39, 0.29) is 15.5 Å². The van der Waals surface area contributed by atoms with Gasteiger partial charge in [-0.3, -0.25) is 4.79 Å². The van der Waals surface area contributed by atoms with E-state index in [0.717, 1.165) is 25.3 Å². The van der Waals surface area contributed by atoms with Crippen molar-refractivity contribution in [3.8, 4) is 0 Å². The molecule has 2 N–H and O–H groups in total. The molecule has 26 heavy (non-hydrogen) atoms. The summed E-state index contributed by atoms with van der Waals surface area (Å²) in [5, 5.41) is 0.0334. The van der Waals surface area contributed by atoms with Gasteiger partial charge in [-0.15, -0.1) is 4.40 Å². The number of anilines is 1. The summed E-state index contributed by atoms with van der Waals surface area (Å²) in [5.41, 5.74) is 5.32. The van der Waals surface area contributed by atoms with Crippen molar-refractivity contribution in [3.05, 3.63) is 22.7 Å². The van der Waals surface area contributed by atoms with Crippen LogP contribution in [0.1, 0.15) is 43.0 Å². The van der Waals surface area contributed by atoms with Crippen LogP contribution in [0.2, 0.25) is 5.02 Å². The van der Waals surface area contributed by atoms with Crippen LogP contribution in [0.4, 0.5) is 5.69 Å². The average molecular weight is 400 g/mol. The van der Waals surface area contributed by atoms with Crippen LogP contribution in [0, 0.1) is 0 Å². The van der Waals surface area contributed by atoms with Crippen molar-refractivity contribution in [1.29, 1.82) is 0 Å². The summed E-state index contributed by atoms with van der Waals surface area (Å²) < 4.78 is 34.0. The molecule has 1 aromatic rings. The fraction of sp³-hybridized carbons (Fsp3) is 0.438. The Morgan fingerprint density at radius 2 is 2.04 bits per heavy atom. The van der Waals surface area contributed by atoms with Gasteiger partial charge in [0.05, 0.1) is 16.3 Å². The van der Waals surface area contributed by atoms with Crippen molar-refractivity contribution in [2.24, 2.45) is 10.1 Å². The second-order valence-electron chi connectivity index (χ2n) is 6.19. The van der Waals surface area contributed by atoms with E-state index in [9.17, 15) is 18.0 Å². The van der Waals surface area contributed by atoms with Gasteiger partial charge in [0.25, 0.3) is 15.9 Å². The van der Waals surface area contributed by atoms with Crippen LogP contribution < -0.4 is 10.6 Å². The summed E-state index contributed by atoms with van der Waals surface area (Å²) >= 11 is 6.21. The first-order valence-electron chi connectivity index (χ1n) is 8.16. The van der Waals surface area contributed by atoms with Crippen LogP contribution in [0.15, 0.2) is 21.4 Å². The summed E-state index contributed by atoms with van der Waals surface area (Å²) in [6, 6.07) is 2.58. The molecule has 0 spiro atoms. The highest BCUT2D eigenvalue weighted by molar-refractivity contribution is 7.90. The minimum absolute atomic E-state index is 0.0334. The molecule has 0 aromatic heterocycles. The van der Waals surface area contributed by atoms with Crippen molar-refractivity contribution in [1.82, 2.24) is 0 Å². The lowest BCUT2D eigenvalue weighted by molar-refractivity contribution is -0.125. The molecule has 2 aliphatic rings. The van der Waals surface area contributed by atoms with E-state index in [1.165, 1.54) is 13.0 Å². The molecule has 1 unspecified atom stereocenters. The van der Waals surface area contributed by atoms with Crippen molar-refractivity contribution in [2.75, 3.05) is 11.4 Å². The number of rotatable bonds is 3. The molecule has 1 amide bonds. The maximum atomic E-state index is 12.6. The minimum Gasteiger partial charge on any atom is -0.449 e. The predicted octanol–water partition coefficient (Wildman–Crippen LogP) is 1.85. The lowest BCUT2D eigenvalue weighted by atomic mass is 10.1.